The van der Waals surface area contributed by atoms with E-state index in [0.29, 0.717) is 0 Å². The fourth-order valence-electron chi connectivity index (χ4n) is 7.22. The summed E-state index contributed by atoms with van der Waals surface area (Å²) < 4.78 is 7.23. The third-order valence-corrected chi connectivity index (χ3v) is 10.2. The van der Waals surface area contributed by atoms with Gasteiger partial charge in [-0.25, -0.2) is 9.97 Å². The lowest BCUT2D eigenvalue weighted by Crippen LogP contribution is -1.96. The van der Waals surface area contributed by atoms with E-state index in [1.807, 2.05) is 6.20 Å². The van der Waals surface area contributed by atoms with Gasteiger partial charge in [-0.15, -0.1) is 11.3 Å². The average molecular weight is 593 g/mol. The van der Waals surface area contributed by atoms with Crippen molar-refractivity contribution in [2.75, 3.05) is 0 Å². The fourth-order valence-corrected chi connectivity index (χ4v) is 8.39. The first-order valence-corrected chi connectivity index (χ1v) is 15.9. The maximum Gasteiger partial charge on any atom is 0.116 e. The van der Waals surface area contributed by atoms with Crippen LogP contribution in [0.25, 0.3) is 86.4 Å². The molecule has 0 saturated carbocycles. The van der Waals surface area contributed by atoms with Crippen LogP contribution < -0.4 is 0 Å². The zero-order valence-electron chi connectivity index (χ0n) is 24.1. The molecule has 0 atom stereocenters. The summed E-state index contributed by atoms with van der Waals surface area (Å²) >= 11 is 1.79. The summed E-state index contributed by atoms with van der Waals surface area (Å²) in [5.74, 6) is 0. The molecule has 0 aliphatic rings. The molecule has 4 aromatic heterocycles. The number of benzene rings is 6. The molecule has 4 nitrogen and oxygen atoms in total. The minimum Gasteiger partial charge on any atom is -0.309 e. The fraction of sp³-hybridized carbons (Fsp3) is 0. The SMILES string of the molecule is c1ccc(-c2ccc(-n3c4ccccc4c4c3c3sc5cncnc5c3c3c5ccccc5n(-c5ccccc5)c34)cc2)cc1. The molecule has 4 heterocycles. The third kappa shape index (κ3) is 3.41. The molecular formula is C40H24N4S. The van der Waals surface area contributed by atoms with Gasteiger partial charge in [0, 0.05) is 44.5 Å². The van der Waals surface area contributed by atoms with Crippen molar-refractivity contribution < 1.29 is 0 Å². The Balaban J connectivity index is 1.46. The largest absolute Gasteiger partial charge is 0.309 e. The van der Waals surface area contributed by atoms with Gasteiger partial charge in [0.2, 0.25) is 0 Å². The standard InChI is InChI=1S/C40H24N4S/c1-3-11-25(12-4-1)26-19-21-28(22-20-26)44-32-18-10-8-16-30(32)35-38-34(36-37-33(23-41-24-42-37)45-40(36)39(35)44)29-15-7-9-17-31(29)43(38)27-13-5-2-6-14-27/h1-24H. The van der Waals surface area contributed by atoms with Crippen LogP contribution in [0, 0.1) is 0 Å². The van der Waals surface area contributed by atoms with E-state index in [-0.39, 0.29) is 0 Å². The van der Waals surface area contributed by atoms with Gasteiger partial charge >= 0.3 is 0 Å². The van der Waals surface area contributed by atoms with Crippen molar-refractivity contribution in [1.29, 1.82) is 0 Å². The topological polar surface area (TPSA) is 35.6 Å². The highest BCUT2D eigenvalue weighted by Crippen LogP contribution is 2.50. The van der Waals surface area contributed by atoms with Crippen LogP contribution in [0.1, 0.15) is 0 Å². The normalized spacial score (nSPS) is 12.0. The van der Waals surface area contributed by atoms with E-state index in [4.69, 9.17) is 4.98 Å². The molecule has 0 fully saturated rings. The van der Waals surface area contributed by atoms with Gasteiger partial charge in [0.15, 0.2) is 0 Å². The summed E-state index contributed by atoms with van der Waals surface area (Å²) in [6.45, 7) is 0. The summed E-state index contributed by atoms with van der Waals surface area (Å²) in [6, 6.07) is 47.9. The van der Waals surface area contributed by atoms with Gasteiger partial charge in [-0.05, 0) is 47.5 Å². The van der Waals surface area contributed by atoms with Gasteiger partial charge in [-0.3, -0.25) is 0 Å². The maximum atomic E-state index is 4.90. The summed E-state index contributed by atoms with van der Waals surface area (Å²) in [4.78, 5) is 9.33. The zero-order chi connectivity index (χ0) is 29.5. The van der Waals surface area contributed by atoms with Crippen LogP contribution in [-0.4, -0.2) is 19.1 Å². The van der Waals surface area contributed by atoms with Crippen LogP contribution in [-0.2, 0) is 0 Å². The van der Waals surface area contributed by atoms with Gasteiger partial charge in [0.25, 0.3) is 0 Å². The number of rotatable bonds is 3. The van der Waals surface area contributed by atoms with Gasteiger partial charge < -0.3 is 9.13 Å². The number of fused-ring (bicyclic) bond motifs is 12. The molecule has 45 heavy (non-hydrogen) atoms. The lowest BCUT2D eigenvalue weighted by Gasteiger charge is -2.12. The monoisotopic (exact) mass is 592 g/mol. The molecule has 210 valence electrons. The lowest BCUT2D eigenvalue weighted by molar-refractivity contribution is 1.18. The van der Waals surface area contributed by atoms with E-state index >= 15 is 0 Å². The number of para-hydroxylation sites is 3. The molecule has 10 rings (SSSR count). The molecule has 6 aromatic carbocycles. The molecule has 0 saturated heterocycles. The number of hydrogen-bond donors (Lipinski definition) is 0. The first-order chi connectivity index (χ1) is 22.4. The number of nitrogens with zero attached hydrogens (tertiary/aromatic N) is 4. The first kappa shape index (κ1) is 24.6. The average Bonchev–Trinajstić information content (AvgIpc) is 3.77. The molecule has 0 unspecified atom stereocenters. The predicted octanol–water partition coefficient (Wildman–Crippen LogP) is 10.7. The molecule has 0 aliphatic carbocycles. The molecule has 0 amide bonds. The Morgan fingerprint density at radius 1 is 0.489 bits per heavy atom. The van der Waals surface area contributed by atoms with E-state index in [2.05, 4.69) is 148 Å². The van der Waals surface area contributed by atoms with E-state index in [1.165, 1.54) is 64.8 Å². The van der Waals surface area contributed by atoms with Crippen LogP contribution in [0.5, 0.6) is 0 Å². The molecule has 0 N–H and O–H groups in total. The highest BCUT2D eigenvalue weighted by molar-refractivity contribution is 7.26. The first-order valence-electron chi connectivity index (χ1n) is 15.1. The smallest absolute Gasteiger partial charge is 0.116 e. The summed E-state index contributed by atoms with van der Waals surface area (Å²) in [5, 5.41) is 6.14. The highest BCUT2D eigenvalue weighted by atomic mass is 32.1. The molecule has 0 spiro atoms. The second-order valence-corrected chi connectivity index (χ2v) is 12.5. The third-order valence-electron chi connectivity index (χ3n) is 9.05. The van der Waals surface area contributed by atoms with Crippen molar-refractivity contribution >= 4 is 75.3 Å². The second kappa shape index (κ2) is 9.36. The van der Waals surface area contributed by atoms with Gasteiger partial charge in [0.1, 0.15) is 6.33 Å². The Hall–Kier alpha value is -5.78. The van der Waals surface area contributed by atoms with E-state index in [9.17, 15) is 0 Å². The van der Waals surface area contributed by atoms with Crippen LogP contribution >= 0.6 is 11.3 Å². The van der Waals surface area contributed by atoms with Crippen LogP contribution in [0.3, 0.4) is 0 Å². The van der Waals surface area contributed by atoms with Crippen LogP contribution in [0.15, 0.2) is 146 Å². The van der Waals surface area contributed by atoms with Gasteiger partial charge in [-0.2, -0.15) is 0 Å². The molecule has 0 radical (unpaired) electrons. The lowest BCUT2D eigenvalue weighted by atomic mass is 10.0. The van der Waals surface area contributed by atoms with Gasteiger partial charge in [0.05, 0.1) is 37.0 Å². The summed E-state index contributed by atoms with van der Waals surface area (Å²) in [5.41, 5.74) is 10.5. The van der Waals surface area contributed by atoms with Crippen molar-refractivity contribution in [3.05, 3.63) is 146 Å². The highest BCUT2D eigenvalue weighted by Gasteiger charge is 2.27. The van der Waals surface area contributed by atoms with E-state index in [1.54, 1.807) is 17.7 Å². The number of aromatic nitrogens is 4. The zero-order valence-corrected chi connectivity index (χ0v) is 24.9. The molecule has 0 aliphatic heterocycles. The summed E-state index contributed by atoms with van der Waals surface area (Å²) in [6.07, 6.45) is 3.64. The van der Waals surface area contributed by atoms with Crippen molar-refractivity contribution in [3.63, 3.8) is 0 Å². The minimum absolute atomic E-state index is 1.00. The van der Waals surface area contributed by atoms with Crippen molar-refractivity contribution in [2.24, 2.45) is 0 Å². The predicted molar refractivity (Wildman–Crippen MR) is 189 cm³/mol. The summed E-state index contributed by atoms with van der Waals surface area (Å²) in [7, 11) is 0. The molecule has 0 bridgehead atoms. The van der Waals surface area contributed by atoms with Crippen LogP contribution in [0.4, 0.5) is 0 Å². The number of hydrogen-bond acceptors (Lipinski definition) is 3. The van der Waals surface area contributed by atoms with Crippen molar-refractivity contribution in [2.45, 2.75) is 0 Å². The van der Waals surface area contributed by atoms with Gasteiger partial charge in [-0.1, -0.05) is 97.1 Å². The Kier molecular flexibility index (Phi) is 5.12. The minimum atomic E-state index is 1.00. The van der Waals surface area contributed by atoms with E-state index in [0.717, 1.165) is 21.6 Å². The Labute approximate surface area is 262 Å². The van der Waals surface area contributed by atoms with E-state index < -0.39 is 0 Å². The molecule has 5 heteroatoms. The Bertz CT molecular complexity index is 2730. The molecular weight excluding hydrogens is 569 g/mol. The van der Waals surface area contributed by atoms with Crippen molar-refractivity contribution in [1.82, 2.24) is 19.1 Å². The maximum absolute atomic E-state index is 4.90. The second-order valence-electron chi connectivity index (χ2n) is 11.4. The Morgan fingerprint density at radius 2 is 1.07 bits per heavy atom. The van der Waals surface area contributed by atoms with Crippen LogP contribution in [0.2, 0.25) is 0 Å². The quantitative estimate of drug-likeness (QED) is 0.205. The Morgan fingerprint density at radius 3 is 1.80 bits per heavy atom. The molecule has 10 aromatic rings. The van der Waals surface area contributed by atoms with Crippen molar-refractivity contribution in [3.8, 4) is 22.5 Å². The number of thiophene rings is 1.